The number of likely N-dealkylation sites (tertiary alicyclic amines) is 1. The molecule has 2 unspecified atom stereocenters. The van der Waals surface area contributed by atoms with Crippen molar-refractivity contribution in [3.05, 3.63) is 29.3 Å². The zero-order valence-corrected chi connectivity index (χ0v) is 17.0. The molecule has 0 bridgehead atoms. The highest BCUT2D eigenvalue weighted by Gasteiger charge is 2.31. The van der Waals surface area contributed by atoms with Crippen molar-refractivity contribution in [2.75, 3.05) is 23.7 Å². The van der Waals surface area contributed by atoms with Gasteiger partial charge in [-0.05, 0) is 62.8 Å². The SMILES string of the molecule is CC(N)C1CCCCN1C(=O)c1ccc2c(c1)CCCN2S(C)(=O)=O.Cl. The number of fused-ring (bicyclic) bond motifs is 1. The van der Waals surface area contributed by atoms with Gasteiger partial charge < -0.3 is 10.6 Å². The van der Waals surface area contributed by atoms with Crippen molar-refractivity contribution in [3.8, 4) is 0 Å². The van der Waals surface area contributed by atoms with E-state index in [4.69, 9.17) is 5.73 Å². The molecule has 1 saturated heterocycles. The van der Waals surface area contributed by atoms with Crippen molar-refractivity contribution >= 4 is 34.0 Å². The minimum Gasteiger partial charge on any atom is -0.334 e. The summed E-state index contributed by atoms with van der Waals surface area (Å²) in [4.78, 5) is 14.9. The van der Waals surface area contributed by atoms with Crippen molar-refractivity contribution in [1.82, 2.24) is 4.90 Å². The van der Waals surface area contributed by atoms with E-state index in [0.29, 0.717) is 17.8 Å². The second kappa shape index (κ2) is 8.15. The van der Waals surface area contributed by atoms with E-state index < -0.39 is 10.0 Å². The van der Waals surface area contributed by atoms with Crippen LogP contribution >= 0.6 is 12.4 Å². The number of hydrogen-bond donors (Lipinski definition) is 1. The maximum absolute atomic E-state index is 13.0. The first-order chi connectivity index (χ1) is 11.8. The van der Waals surface area contributed by atoms with Crippen LogP contribution in [0.4, 0.5) is 5.69 Å². The molecule has 8 heteroatoms. The Kier molecular flexibility index (Phi) is 6.58. The van der Waals surface area contributed by atoms with Crippen molar-refractivity contribution in [2.45, 2.75) is 51.1 Å². The smallest absolute Gasteiger partial charge is 0.254 e. The molecule has 6 nitrogen and oxygen atoms in total. The molecule has 2 atom stereocenters. The summed E-state index contributed by atoms with van der Waals surface area (Å²) in [5.74, 6) is 0.00118. The van der Waals surface area contributed by atoms with Crippen LogP contribution in [-0.4, -0.2) is 50.7 Å². The van der Waals surface area contributed by atoms with E-state index in [9.17, 15) is 13.2 Å². The molecule has 2 N–H and O–H groups in total. The second-order valence-electron chi connectivity index (χ2n) is 7.20. The van der Waals surface area contributed by atoms with Gasteiger partial charge in [-0.1, -0.05) is 0 Å². The Morgan fingerprint density at radius 2 is 1.96 bits per heavy atom. The first-order valence-corrected chi connectivity index (χ1v) is 10.8. The molecule has 2 aliphatic heterocycles. The Bertz CT molecular complexity index is 767. The molecular formula is C18H28ClN3O3S. The summed E-state index contributed by atoms with van der Waals surface area (Å²) in [5, 5.41) is 0. The van der Waals surface area contributed by atoms with Crippen LogP contribution in [0.5, 0.6) is 0 Å². The molecule has 26 heavy (non-hydrogen) atoms. The van der Waals surface area contributed by atoms with Crippen LogP contribution in [0.15, 0.2) is 18.2 Å². The lowest BCUT2D eigenvalue weighted by Gasteiger charge is -2.38. The average molecular weight is 402 g/mol. The average Bonchev–Trinajstić information content (AvgIpc) is 2.59. The predicted octanol–water partition coefficient (Wildman–Crippen LogP) is 2.16. The van der Waals surface area contributed by atoms with E-state index in [1.807, 2.05) is 17.9 Å². The fourth-order valence-corrected chi connectivity index (χ4v) is 4.96. The molecule has 2 aliphatic rings. The number of sulfonamides is 1. The number of nitrogens with two attached hydrogens (primary N) is 1. The summed E-state index contributed by atoms with van der Waals surface area (Å²) in [6, 6.07) is 5.40. The van der Waals surface area contributed by atoms with E-state index >= 15 is 0 Å². The van der Waals surface area contributed by atoms with Gasteiger partial charge in [0.05, 0.1) is 11.9 Å². The van der Waals surface area contributed by atoms with Crippen LogP contribution in [0.25, 0.3) is 0 Å². The Morgan fingerprint density at radius 3 is 2.62 bits per heavy atom. The Hall–Kier alpha value is -1.31. The largest absolute Gasteiger partial charge is 0.334 e. The Labute approximate surface area is 162 Å². The molecular weight excluding hydrogens is 374 g/mol. The van der Waals surface area contributed by atoms with Crippen molar-refractivity contribution in [2.24, 2.45) is 5.73 Å². The third-order valence-corrected chi connectivity index (χ3v) is 6.40. The molecule has 1 aromatic rings. The fourth-order valence-electron chi connectivity index (χ4n) is 3.96. The molecule has 0 radical (unpaired) electrons. The van der Waals surface area contributed by atoms with Gasteiger partial charge in [0.1, 0.15) is 0 Å². The van der Waals surface area contributed by atoms with Crippen LogP contribution in [0.1, 0.15) is 48.5 Å². The summed E-state index contributed by atoms with van der Waals surface area (Å²) >= 11 is 0. The monoisotopic (exact) mass is 401 g/mol. The zero-order chi connectivity index (χ0) is 18.2. The highest BCUT2D eigenvalue weighted by molar-refractivity contribution is 7.92. The standard InChI is InChI=1S/C18H27N3O3S.ClH/c1-13(19)16-7-3-4-10-20(16)18(22)15-8-9-17-14(12-15)6-5-11-21(17)25(2,23)24;/h8-9,12-13,16H,3-7,10-11,19H2,1-2H3;1H. The van der Waals surface area contributed by atoms with Crippen LogP contribution < -0.4 is 10.0 Å². The number of hydrogen-bond acceptors (Lipinski definition) is 4. The van der Waals surface area contributed by atoms with Gasteiger partial charge in [0, 0.05) is 30.7 Å². The van der Waals surface area contributed by atoms with Gasteiger partial charge in [0.25, 0.3) is 5.91 Å². The van der Waals surface area contributed by atoms with E-state index in [-0.39, 0.29) is 30.4 Å². The maximum atomic E-state index is 13.0. The molecule has 0 saturated carbocycles. The third kappa shape index (κ3) is 4.15. The van der Waals surface area contributed by atoms with Crippen LogP contribution in [-0.2, 0) is 16.4 Å². The second-order valence-corrected chi connectivity index (χ2v) is 9.11. The number of piperidine rings is 1. The van der Waals surface area contributed by atoms with Gasteiger partial charge in [0.2, 0.25) is 10.0 Å². The quantitative estimate of drug-likeness (QED) is 0.841. The number of aryl methyl sites for hydroxylation is 1. The molecule has 2 heterocycles. The summed E-state index contributed by atoms with van der Waals surface area (Å²) in [6.45, 7) is 3.18. The molecule has 0 spiro atoms. The molecule has 1 amide bonds. The molecule has 0 aromatic heterocycles. The van der Waals surface area contributed by atoms with Gasteiger partial charge in [-0.15, -0.1) is 12.4 Å². The summed E-state index contributed by atoms with van der Waals surface area (Å²) in [6.07, 6.45) is 5.83. The van der Waals surface area contributed by atoms with E-state index in [0.717, 1.165) is 44.2 Å². The van der Waals surface area contributed by atoms with Gasteiger partial charge in [-0.25, -0.2) is 8.42 Å². The fraction of sp³-hybridized carbons (Fsp3) is 0.611. The van der Waals surface area contributed by atoms with Gasteiger partial charge in [0.15, 0.2) is 0 Å². The number of anilines is 1. The first-order valence-electron chi connectivity index (χ1n) is 8.96. The number of rotatable bonds is 3. The van der Waals surface area contributed by atoms with E-state index in [1.54, 1.807) is 12.1 Å². The number of amides is 1. The highest BCUT2D eigenvalue weighted by Crippen LogP contribution is 2.31. The normalized spacial score (nSPS) is 21.6. The minimum atomic E-state index is -3.29. The zero-order valence-electron chi connectivity index (χ0n) is 15.3. The summed E-state index contributed by atoms with van der Waals surface area (Å²) < 4.78 is 25.4. The third-order valence-electron chi connectivity index (χ3n) is 5.22. The van der Waals surface area contributed by atoms with E-state index in [1.165, 1.54) is 10.6 Å². The van der Waals surface area contributed by atoms with Gasteiger partial charge in [-0.3, -0.25) is 9.10 Å². The Balaban J connectivity index is 0.00000243. The van der Waals surface area contributed by atoms with Gasteiger partial charge >= 0.3 is 0 Å². The molecule has 1 fully saturated rings. The van der Waals surface area contributed by atoms with E-state index in [2.05, 4.69) is 0 Å². The topological polar surface area (TPSA) is 83.7 Å². The molecule has 146 valence electrons. The van der Waals surface area contributed by atoms with Crippen molar-refractivity contribution in [3.63, 3.8) is 0 Å². The first kappa shape index (κ1) is 21.0. The number of carbonyl (C=O) groups is 1. The van der Waals surface area contributed by atoms with Crippen molar-refractivity contribution < 1.29 is 13.2 Å². The maximum Gasteiger partial charge on any atom is 0.254 e. The van der Waals surface area contributed by atoms with Gasteiger partial charge in [-0.2, -0.15) is 0 Å². The van der Waals surface area contributed by atoms with Crippen LogP contribution in [0.2, 0.25) is 0 Å². The molecule has 3 rings (SSSR count). The minimum absolute atomic E-state index is 0. The lowest BCUT2D eigenvalue weighted by atomic mass is 9.95. The number of nitrogens with zero attached hydrogens (tertiary/aromatic N) is 2. The Morgan fingerprint density at radius 1 is 1.23 bits per heavy atom. The summed E-state index contributed by atoms with van der Waals surface area (Å²) in [7, 11) is -3.29. The van der Waals surface area contributed by atoms with Crippen LogP contribution in [0, 0.1) is 0 Å². The number of carbonyl (C=O) groups excluding carboxylic acids is 1. The lowest BCUT2D eigenvalue weighted by Crippen LogP contribution is -2.51. The number of benzene rings is 1. The van der Waals surface area contributed by atoms with Crippen LogP contribution in [0.3, 0.4) is 0 Å². The lowest BCUT2D eigenvalue weighted by molar-refractivity contribution is 0.0583. The predicted molar refractivity (Wildman–Crippen MR) is 107 cm³/mol. The molecule has 0 aliphatic carbocycles. The van der Waals surface area contributed by atoms with Crippen molar-refractivity contribution in [1.29, 1.82) is 0 Å². The molecule has 1 aromatic carbocycles. The summed E-state index contributed by atoms with van der Waals surface area (Å²) in [5.41, 5.74) is 8.34. The highest BCUT2D eigenvalue weighted by atomic mass is 35.5. The number of halogens is 1.